The van der Waals surface area contributed by atoms with Crippen LogP contribution in [0.1, 0.15) is 57.9 Å². The van der Waals surface area contributed by atoms with Crippen LogP contribution in [0, 0.1) is 0 Å². The second-order valence-electron chi connectivity index (χ2n) is 7.92. The lowest BCUT2D eigenvalue weighted by Crippen LogP contribution is -2.27. The van der Waals surface area contributed by atoms with Gasteiger partial charge in [0, 0.05) is 19.6 Å². The Hall–Kier alpha value is -3.93. The van der Waals surface area contributed by atoms with Crippen LogP contribution in [0.2, 0.25) is 0 Å². The normalized spacial score (nSPS) is 17.5. The lowest BCUT2D eigenvalue weighted by molar-refractivity contribution is 0.0949. The quantitative estimate of drug-likeness (QED) is 0.489. The van der Waals surface area contributed by atoms with Crippen molar-refractivity contribution >= 4 is 29.0 Å². The van der Waals surface area contributed by atoms with Crippen LogP contribution < -0.4 is 16.0 Å². The maximum atomic E-state index is 13.3. The van der Waals surface area contributed by atoms with Gasteiger partial charge in [-0.25, -0.2) is 19.9 Å². The van der Waals surface area contributed by atoms with Crippen molar-refractivity contribution in [2.45, 2.75) is 31.2 Å². The third kappa shape index (κ3) is 4.37. The van der Waals surface area contributed by atoms with Crippen LogP contribution in [-0.2, 0) is 4.74 Å². The SMILES string of the molecule is CNC(=O)c1c(NC(=O)c2nc(C3CC3)cnc2Nc2cncnc2)cnn1C1CCOC1. The van der Waals surface area contributed by atoms with E-state index in [9.17, 15) is 9.59 Å². The molecule has 1 atom stereocenters. The van der Waals surface area contributed by atoms with E-state index in [1.165, 1.54) is 19.6 Å². The molecule has 2 amide bonds. The number of anilines is 3. The summed E-state index contributed by atoms with van der Waals surface area (Å²) in [6, 6.07) is -0.0729. The van der Waals surface area contributed by atoms with Gasteiger partial charge < -0.3 is 20.7 Å². The van der Waals surface area contributed by atoms with E-state index in [2.05, 4.69) is 41.0 Å². The number of amides is 2. The standard InChI is InChI=1S/C21H23N9O3/c1-22-21(32)18-16(9-26-30(18)14-4-5-33-10-14)29-20(31)17-19(27-13-6-23-11-24-7-13)25-8-15(28-17)12-2-3-12/h6-9,11-12,14H,2-5,10H2,1H3,(H,22,32)(H,25,27)(H,29,31). The molecule has 2 fully saturated rings. The van der Waals surface area contributed by atoms with Gasteiger partial charge in [0.15, 0.2) is 11.5 Å². The first-order chi connectivity index (χ1) is 16.1. The number of nitrogens with one attached hydrogen (secondary N) is 3. The fourth-order valence-corrected chi connectivity index (χ4v) is 3.70. The minimum absolute atomic E-state index is 0.0729. The van der Waals surface area contributed by atoms with E-state index >= 15 is 0 Å². The van der Waals surface area contributed by atoms with Gasteiger partial charge in [0.25, 0.3) is 11.8 Å². The van der Waals surface area contributed by atoms with Crippen LogP contribution in [-0.4, -0.2) is 61.8 Å². The molecule has 3 aromatic rings. The highest BCUT2D eigenvalue weighted by Gasteiger charge is 2.30. The molecule has 1 aliphatic heterocycles. The number of hydrogen-bond acceptors (Lipinski definition) is 9. The summed E-state index contributed by atoms with van der Waals surface area (Å²) in [5.74, 6) is -0.279. The highest BCUT2D eigenvalue weighted by Crippen LogP contribution is 2.39. The number of ether oxygens (including phenoxy) is 1. The zero-order valence-corrected chi connectivity index (χ0v) is 18.0. The van der Waals surface area contributed by atoms with Crippen molar-refractivity contribution in [1.29, 1.82) is 0 Å². The first kappa shape index (κ1) is 20.9. The molecular weight excluding hydrogens is 426 g/mol. The van der Waals surface area contributed by atoms with E-state index < -0.39 is 5.91 Å². The second-order valence-corrected chi connectivity index (χ2v) is 7.92. The van der Waals surface area contributed by atoms with Gasteiger partial charge >= 0.3 is 0 Å². The summed E-state index contributed by atoms with van der Waals surface area (Å²) in [5, 5.41) is 12.8. The maximum absolute atomic E-state index is 13.3. The second kappa shape index (κ2) is 8.90. The summed E-state index contributed by atoms with van der Waals surface area (Å²) in [7, 11) is 1.53. The Balaban J connectivity index is 1.47. The van der Waals surface area contributed by atoms with E-state index in [1.807, 2.05) is 0 Å². The molecule has 3 aromatic heterocycles. The Labute approximate surface area is 189 Å². The molecule has 33 heavy (non-hydrogen) atoms. The zero-order valence-electron chi connectivity index (χ0n) is 18.0. The number of aromatic nitrogens is 6. The third-order valence-corrected chi connectivity index (χ3v) is 5.56. The number of rotatable bonds is 7. The summed E-state index contributed by atoms with van der Waals surface area (Å²) in [6.07, 6.45) is 10.5. The fourth-order valence-electron chi connectivity index (χ4n) is 3.70. The van der Waals surface area contributed by atoms with Crippen molar-refractivity contribution in [3.8, 4) is 0 Å². The molecule has 12 nitrogen and oxygen atoms in total. The van der Waals surface area contributed by atoms with Crippen LogP contribution in [0.15, 0.2) is 31.1 Å². The van der Waals surface area contributed by atoms with E-state index in [0.717, 1.165) is 25.0 Å². The lowest BCUT2D eigenvalue weighted by Gasteiger charge is -2.14. The third-order valence-electron chi connectivity index (χ3n) is 5.56. The molecule has 1 unspecified atom stereocenters. The molecule has 5 rings (SSSR count). The van der Waals surface area contributed by atoms with Gasteiger partial charge in [0.05, 0.1) is 54.5 Å². The van der Waals surface area contributed by atoms with Gasteiger partial charge in [-0.05, 0) is 19.3 Å². The summed E-state index contributed by atoms with van der Waals surface area (Å²) in [6.45, 7) is 1.06. The minimum Gasteiger partial charge on any atom is -0.379 e. The number of nitrogens with zero attached hydrogens (tertiary/aromatic N) is 6. The molecule has 2 aliphatic rings. The van der Waals surface area contributed by atoms with Crippen LogP contribution in [0.25, 0.3) is 0 Å². The largest absolute Gasteiger partial charge is 0.379 e. The molecule has 12 heteroatoms. The van der Waals surface area contributed by atoms with Crippen LogP contribution in [0.3, 0.4) is 0 Å². The molecule has 4 heterocycles. The average Bonchev–Trinajstić information content (AvgIpc) is 3.38. The van der Waals surface area contributed by atoms with Gasteiger partial charge in [-0.15, -0.1) is 0 Å². The van der Waals surface area contributed by atoms with Crippen LogP contribution in [0.4, 0.5) is 17.2 Å². The fraction of sp³-hybridized carbons (Fsp3) is 0.381. The summed E-state index contributed by atoms with van der Waals surface area (Å²) in [5.41, 5.74) is 2.00. The van der Waals surface area contributed by atoms with Crippen molar-refractivity contribution in [2.24, 2.45) is 0 Å². The van der Waals surface area contributed by atoms with Crippen molar-refractivity contribution in [1.82, 2.24) is 35.0 Å². The Bertz CT molecular complexity index is 1170. The van der Waals surface area contributed by atoms with Gasteiger partial charge in [0.1, 0.15) is 12.0 Å². The average molecular weight is 449 g/mol. The molecule has 3 N–H and O–H groups in total. The predicted molar refractivity (Wildman–Crippen MR) is 117 cm³/mol. The van der Waals surface area contributed by atoms with Crippen molar-refractivity contribution in [3.63, 3.8) is 0 Å². The molecule has 0 aromatic carbocycles. The number of carbonyl (C=O) groups is 2. The predicted octanol–water partition coefficient (Wildman–Crippen LogP) is 1.66. The minimum atomic E-state index is -0.503. The molecule has 170 valence electrons. The van der Waals surface area contributed by atoms with Crippen molar-refractivity contribution in [2.75, 3.05) is 30.9 Å². The molecule has 1 saturated heterocycles. The highest BCUT2D eigenvalue weighted by atomic mass is 16.5. The van der Waals surface area contributed by atoms with E-state index in [0.29, 0.717) is 30.5 Å². The number of hydrogen-bond donors (Lipinski definition) is 3. The monoisotopic (exact) mass is 449 g/mol. The highest BCUT2D eigenvalue weighted by molar-refractivity contribution is 6.09. The Morgan fingerprint density at radius 3 is 2.61 bits per heavy atom. The summed E-state index contributed by atoms with van der Waals surface area (Å²) in [4.78, 5) is 42.9. The molecular formula is C21H23N9O3. The Morgan fingerprint density at radius 1 is 1.09 bits per heavy atom. The first-order valence-electron chi connectivity index (χ1n) is 10.7. The molecule has 1 aliphatic carbocycles. The lowest BCUT2D eigenvalue weighted by atomic mass is 10.2. The van der Waals surface area contributed by atoms with Gasteiger partial charge in [0.2, 0.25) is 0 Å². The van der Waals surface area contributed by atoms with Crippen LogP contribution in [0.5, 0.6) is 0 Å². The van der Waals surface area contributed by atoms with Gasteiger partial charge in [-0.2, -0.15) is 5.10 Å². The van der Waals surface area contributed by atoms with Gasteiger partial charge in [-0.1, -0.05) is 0 Å². The van der Waals surface area contributed by atoms with Gasteiger partial charge in [-0.3, -0.25) is 14.3 Å². The van der Waals surface area contributed by atoms with Crippen molar-refractivity contribution < 1.29 is 14.3 Å². The zero-order chi connectivity index (χ0) is 22.8. The molecule has 0 spiro atoms. The Kier molecular flexibility index (Phi) is 5.65. The topological polar surface area (TPSA) is 149 Å². The van der Waals surface area contributed by atoms with Crippen molar-refractivity contribution in [3.05, 3.63) is 48.2 Å². The van der Waals surface area contributed by atoms with E-state index in [4.69, 9.17) is 4.74 Å². The van der Waals surface area contributed by atoms with Crippen LogP contribution >= 0.6 is 0 Å². The van der Waals surface area contributed by atoms with E-state index in [-0.39, 0.29) is 29.2 Å². The molecule has 0 bridgehead atoms. The van der Waals surface area contributed by atoms with E-state index in [1.54, 1.807) is 23.3 Å². The summed E-state index contributed by atoms with van der Waals surface area (Å²) < 4.78 is 7.04. The molecule has 1 saturated carbocycles. The maximum Gasteiger partial charge on any atom is 0.278 e. The smallest absolute Gasteiger partial charge is 0.278 e. The molecule has 0 radical (unpaired) electrons. The number of carbonyl (C=O) groups excluding carboxylic acids is 2. The Morgan fingerprint density at radius 2 is 1.91 bits per heavy atom. The first-order valence-corrected chi connectivity index (χ1v) is 10.7. The summed E-state index contributed by atoms with van der Waals surface area (Å²) >= 11 is 0.